The van der Waals surface area contributed by atoms with Crippen molar-refractivity contribution in [3.63, 3.8) is 0 Å². The zero-order chi connectivity index (χ0) is 15.6. The zero-order valence-electron chi connectivity index (χ0n) is 12.8. The van der Waals surface area contributed by atoms with Gasteiger partial charge in [-0.3, -0.25) is 4.79 Å². The third kappa shape index (κ3) is 3.63. The number of benzene rings is 1. The zero-order valence-corrected chi connectivity index (χ0v) is 12.8. The first kappa shape index (κ1) is 16.3. The van der Waals surface area contributed by atoms with Gasteiger partial charge in [-0.2, -0.15) is 0 Å². The Balaban J connectivity index is 2.91. The van der Waals surface area contributed by atoms with Crippen molar-refractivity contribution < 1.29 is 14.6 Å². The third-order valence-electron chi connectivity index (χ3n) is 3.53. The number of amides is 1. The molecule has 1 aromatic carbocycles. The molecule has 0 aliphatic carbocycles. The number of anilines is 1. The average molecular weight is 280 g/mol. The monoisotopic (exact) mass is 280 g/mol. The molecule has 5 heteroatoms. The van der Waals surface area contributed by atoms with Crippen LogP contribution in [0.3, 0.4) is 0 Å². The quantitative estimate of drug-likeness (QED) is 0.720. The molecule has 0 aromatic heterocycles. The van der Waals surface area contributed by atoms with E-state index in [0.717, 1.165) is 0 Å². The fraction of sp³-hybridized carbons (Fsp3) is 0.533. The molecule has 20 heavy (non-hydrogen) atoms. The van der Waals surface area contributed by atoms with Crippen LogP contribution >= 0.6 is 0 Å². The summed E-state index contributed by atoms with van der Waals surface area (Å²) in [6.07, 6.45) is 0. The van der Waals surface area contributed by atoms with Crippen molar-refractivity contribution in [2.45, 2.75) is 45.8 Å². The Hall–Kier alpha value is -1.75. The van der Waals surface area contributed by atoms with Crippen molar-refractivity contribution >= 4 is 11.6 Å². The van der Waals surface area contributed by atoms with Gasteiger partial charge in [0.2, 0.25) is 0 Å². The van der Waals surface area contributed by atoms with Crippen molar-refractivity contribution in [1.82, 2.24) is 5.32 Å². The molecule has 0 heterocycles. The predicted molar refractivity (Wildman–Crippen MR) is 79.9 cm³/mol. The van der Waals surface area contributed by atoms with Gasteiger partial charge in [0.15, 0.2) is 0 Å². The lowest BCUT2D eigenvalue weighted by Crippen LogP contribution is -2.57. The number of hydrogen-bond acceptors (Lipinski definition) is 4. The van der Waals surface area contributed by atoms with Crippen LogP contribution in [0.1, 0.15) is 45.0 Å². The molecular formula is C15H24N2O3. The molecule has 0 atom stereocenters. The van der Waals surface area contributed by atoms with Gasteiger partial charge >= 0.3 is 0 Å². The molecule has 4 N–H and O–H groups in total. The Morgan fingerprint density at radius 1 is 1.35 bits per heavy atom. The molecule has 1 aromatic rings. The maximum absolute atomic E-state index is 12.2. The molecule has 0 bridgehead atoms. The molecule has 0 saturated carbocycles. The van der Waals surface area contributed by atoms with Crippen LogP contribution < -0.4 is 15.8 Å². The second kappa shape index (κ2) is 5.71. The van der Waals surface area contributed by atoms with E-state index in [1.165, 1.54) is 0 Å². The van der Waals surface area contributed by atoms with E-state index in [-0.39, 0.29) is 5.91 Å². The lowest BCUT2D eigenvalue weighted by molar-refractivity contribution is -0.00292. The molecule has 0 aliphatic rings. The molecule has 1 amide bonds. The Morgan fingerprint density at radius 3 is 2.40 bits per heavy atom. The number of nitrogens with one attached hydrogen (secondary N) is 1. The number of ether oxygens (including phenoxy) is 1. The summed E-state index contributed by atoms with van der Waals surface area (Å²) in [5.74, 6) is 0.276. The maximum Gasteiger partial charge on any atom is 0.251 e. The lowest BCUT2D eigenvalue weighted by Gasteiger charge is -2.38. The number of rotatable bonds is 5. The Labute approximate surface area is 120 Å². The summed E-state index contributed by atoms with van der Waals surface area (Å²) >= 11 is 0. The van der Waals surface area contributed by atoms with Crippen LogP contribution in [0.25, 0.3) is 0 Å². The highest BCUT2D eigenvalue weighted by atomic mass is 16.5. The van der Waals surface area contributed by atoms with E-state index in [9.17, 15) is 9.90 Å². The Kier molecular flexibility index (Phi) is 4.65. The van der Waals surface area contributed by atoms with Gasteiger partial charge in [-0.15, -0.1) is 0 Å². The molecule has 0 saturated heterocycles. The van der Waals surface area contributed by atoms with E-state index in [1.54, 1.807) is 45.9 Å². The highest BCUT2D eigenvalue weighted by Crippen LogP contribution is 2.24. The fourth-order valence-corrected chi connectivity index (χ4v) is 1.49. The second-order valence-electron chi connectivity index (χ2n) is 5.82. The van der Waals surface area contributed by atoms with Crippen molar-refractivity contribution in [3.05, 3.63) is 23.8 Å². The van der Waals surface area contributed by atoms with Crippen molar-refractivity contribution in [1.29, 1.82) is 0 Å². The molecular weight excluding hydrogens is 256 g/mol. The van der Waals surface area contributed by atoms with Crippen LogP contribution in [0.4, 0.5) is 5.69 Å². The van der Waals surface area contributed by atoms with Crippen LogP contribution in [0.2, 0.25) is 0 Å². The Bertz CT molecular complexity index is 490. The normalized spacial score (nSPS) is 12.1. The summed E-state index contributed by atoms with van der Waals surface area (Å²) in [4.78, 5) is 12.2. The van der Waals surface area contributed by atoms with Gasteiger partial charge in [0.25, 0.3) is 5.91 Å². The number of carbonyl (C=O) groups is 1. The molecule has 0 spiro atoms. The molecule has 0 radical (unpaired) electrons. The minimum Gasteiger partial charge on any atom is -0.492 e. The molecule has 1 rings (SSSR count). The topological polar surface area (TPSA) is 84.6 Å². The smallest absolute Gasteiger partial charge is 0.251 e. The summed E-state index contributed by atoms with van der Waals surface area (Å²) in [5, 5.41) is 12.9. The number of aliphatic hydroxyl groups is 1. The summed E-state index contributed by atoms with van der Waals surface area (Å²) < 4.78 is 5.33. The van der Waals surface area contributed by atoms with Crippen molar-refractivity contribution in [2.24, 2.45) is 0 Å². The number of nitrogens with two attached hydrogens (primary N) is 1. The lowest BCUT2D eigenvalue weighted by atomic mass is 9.85. The maximum atomic E-state index is 12.2. The summed E-state index contributed by atoms with van der Waals surface area (Å²) in [7, 11) is 0. The van der Waals surface area contributed by atoms with E-state index in [4.69, 9.17) is 10.5 Å². The van der Waals surface area contributed by atoms with Crippen molar-refractivity contribution in [2.75, 3.05) is 12.3 Å². The van der Waals surface area contributed by atoms with Gasteiger partial charge in [-0.25, -0.2) is 0 Å². The first-order valence-electron chi connectivity index (χ1n) is 6.65. The van der Waals surface area contributed by atoms with Gasteiger partial charge in [0, 0.05) is 5.56 Å². The number of carbonyl (C=O) groups excluding carboxylic acids is 1. The van der Waals surface area contributed by atoms with Crippen LogP contribution in [0.15, 0.2) is 18.2 Å². The molecule has 0 aliphatic heterocycles. The van der Waals surface area contributed by atoms with Gasteiger partial charge in [0.05, 0.1) is 23.4 Å². The van der Waals surface area contributed by atoms with E-state index >= 15 is 0 Å². The molecule has 112 valence electrons. The number of nitrogen functional groups attached to an aromatic ring is 1. The SMILES string of the molecule is CCOc1ccc(C(=O)NC(C)(C)C(C)(C)O)cc1N. The van der Waals surface area contributed by atoms with Gasteiger partial charge in [0.1, 0.15) is 5.75 Å². The third-order valence-corrected chi connectivity index (χ3v) is 3.53. The average Bonchev–Trinajstić information content (AvgIpc) is 2.29. The van der Waals surface area contributed by atoms with Crippen LogP contribution in [0.5, 0.6) is 5.75 Å². The highest BCUT2D eigenvalue weighted by molar-refractivity contribution is 5.96. The molecule has 0 unspecified atom stereocenters. The van der Waals surface area contributed by atoms with Gasteiger partial charge in [-0.05, 0) is 52.8 Å². The van der Waals surface area contributed by atoms with E-state index in [1.807, 2.05) is 6.92 Å². The van der Waals surface area contributed by atoms with Crippen LogP contribution in [0, 0.1) is 0 Å². The molecule has 0 fully saturated rings. The van der Waals surface area contributed by atoms with E-state index in [2.05, 4.69) is 5.32 Å². The second-order valence-corrected chi connectivity index (χ2v) is 5.82. The summed E-state index contributed by atoms with van der Waals surface area (Å²) in [6.45, 7) is 9.22. The fourth-order valence-electron chi connectivity index (χ4n) is 1.49. The summed E-state index contributed by atoms with van der Waals surface area (Å²) in [6, 6.07) is 4.89. The minimum absolute atomic E-state index is 0.285. The van der Waals surface area contributed by atoms with Gasteiger partial charge in [-0.1, -0.05) is 0 Å². The van der Waals surface area contributed by atoms with Gasteiger partial charge < -0.3 is 20.9 Å². The minimum atomic E-state index is -1.04. The first-order valence-corrected chi connectivity index (χ1v) is 6.65. The predicted octanol–water partition coefficient (Wildman–Crippen LogP) is 1.95. The Morgan fingerprint density at radius 2 is 1.95 bits per heavy atom. The molecule has 5 nitrogen and oxygen atoms in total. The number of hydrogen-bond donors (Lipinski definition) is 3. The van der Waals surface area contributed by atoms with Crippen molar-refractivity contribution in [3.8, 4) is 5.75 Å². The van der Waals surface area contributed by atoms with Crippen LogP contribution in [-0.2, 0) is 0 Å². The summed E-state index contributed by atoms with van der Waals surface area (Å²) in [5.41, 5.74) is 4.88. The van der Waals surface area contributed by atoms with Crippen LogP contribution in [-0.4, -0.2) is 28.8 Å². The van der Waals surface area contributed by atoms with E-state index < -0.39 is 11.1 Å². The first-order chi connectivity index (χ1) is 9.08. The van der Waals surface area contributed by atoms with E-state index in [0.29, 0.717) is 23.6 Å². The standard InChI is InChI=1S/C15H24N2O3/c1-6-20-12-8-7-10(9-11(12)16)13(18)17-14(2,3)15(4,5)19/h7-9,19H,6,16H2,1-5H3,(H,17,18). The largest absolute Gasteiger partial charge is 0.492 e. The highest BCUT2D eigenvalue weighted by Gasteiger charge is 2.36.